The van der Waals surface area contributed by atoms with Gasteiger partial charge in [-0.05, 0) is 28.1 Å². The Kier molecular flexibility index (Phi) is 6.11. The standard InChI is InChI=1S/C12H17BrN2O3/c1-17-9(7-14)6-12(16)15-8-3-4-10(13)11(5-8)18-2/h3-5,9H,6-7,14H2,1-2H3,(H,15,16). The molecule has 5 nitrogen and oxygen atoms in total. The Morgan fingerprint density at radius 1 is 1.50 bits per heavy atom. The van der Waals surface area contributed by atoms with Crippen molar-refractivity contribution < 1.29 is 14.3 Å². The quantitative estimate of drug-likeness (QED) is 0.838. The lowest BCUT2D eigenvalue weighted by Crippen LogP contribution is -2.28. The fourth-order valence-electron chi connectivity index (χ4n) is 1.42. The Balaban J connectivity index is 2.64. The zero-order valence-corrected chi connectivity index (χ0v) is 12.0. The van der Waals surface area contributed by atoms with Crippen LogP contribution in [0, 0.1) is 0 Å². The smallest absolute Gasteiger partial charge is 0.227 e. The average molecular weight is 317 g/mol. The van der Waals surface area contributed by atoms with Crippen molar-refractivity contribution in [1.29, 1.82) is 0 Å². The van der Waals surface area contributed by atoms with Crippen LogP contribution in [0.25, 0.3) is 0 Å². The molecule has 1 atom stereocenters. The third-order valence-corrected chi connectivity index (χ3v) is 3.10. The number of hydrogen-bond acceptors (Lipinski definition) is 4. The van der Waals surface area contributed by atoms with Crippen molar-refractivity contribution >= 4 is 27.5 Å². The molecule has 6 heteroatoms. The maximum atomic E-state index is 11.7. The lowest BCUT2D eigenvalue weighted by molar-refractivity contribution is -0.118. The molecule has 3 N–H and O–H groups in total. The number of carbonyl (C=O) groups is 1. The number of halogens is 1. The van der Waals surface area contributed by atoms with E-state index in [4.69, 9.17) is 15.2 Å². The van der Waals surface area contributed by atoms with Gasteiger partial charge in [-0.3, -0.25) is 4.79 Å². The molecule has 1 aromatic rings. The van der Waals surface area contributed by atoms with E-state index in [0.29, 0.717) is 18.0 Å². The SMILES string of the molecule is COc1cc(NC(=O)CC(CN)OC)ccc1Br. The first-order chi connectivity index (χ1) is 8.60. The Hall–Kier alpha value is -1.11. The molecule has 0 aromatic heterocycles. The van der Waals surface area contributed by atoms with Gasteiger partial charge in [0.1, 0.15) is 5.75 Å². The predicted molar refractivity (Wildman–Crippen MR) is 73.8 cm³/mol. The summed E-state index contributed by atoms with van der Waals surface area (Å²) < 4.78 is 11.0. The lowest BCUT2D eigenvalue weighted by Gasteiger charge is -2.13. The molecule has 0 fully saturated rings. The highest BCUT2D eigenvalue weighted by atomic mass is 79.9. The van der Waals surface area contributed by atoms with Gasteiger partial charge in [-0.1, -0.05) is 0 Å². The molecule has 0 aliphatic heterocycles. The van der Waals surface area contributed by atoms with Gasteiger partial charge < -0.3 is 20.5 Å². The molecule has 18 heavy (non-hydrogen) atoms. The topological polar surface area (TPSA) is 73.6 Å². The highest BCUT2D eigenvalue weighted by molar-refractivity contribution is 9.10. The van der Waals surface area contributed by atoms with E-state index in [2.05, 4.69) is 21.2 Å². The van der Waals surface area contributed by atoms with E-state index in [1.54, 1.807) is 19.2 Å². The first kappa shape index (κ1) is 14.9. The number of nitrogens with one attached hydrogen (secondary N) is 1. The number of anilines is 1. The van der Waals surface area contributed by atoms with Crippen LogP contribution in [0.1, 0.15) is 6.42 Å². The lowest BCUT2D eigenvalue weighted by atomic mass is 10.2. The minimum atomic E-state index is -0.262. The van der Waals surface area contributed by atoms with E-state index >= 15 is 0 Å². The number of benzene rings is 1. The molecular weight excluding hydrogens is 300 g/mol. The summed E-state index contributed by atoms with van der Waals surface area (Å²) in [6, 6.07) is 5.34. The molecule has 0 bridgehead atoms. The van der Waals surface area contributed by atoms with Crippen LogP contribution in [0.2, 0.25) is 0 Å². The summed E-state index contributed by atoms with van der Waals surface area (Å²) in [5.74, 6) is 0.520. The second-order valence-electron chi connectivity index (χ2n) is 3.70. The van der Waals surface area contributed by atoms with Crippen molar-refractivity contribution in [2.75, 3.05) is 26.1 Å². The molecule has 0 heterocycles. The van der Waals surface area contributed by atoms with Gasteiger partial charge in [-0.2, -0.15) is 0 Å². The van der Waals surface area contributed by atoms with Gasteiger partial charge in [0.05, 0.1) is 24.1 Å². The van der Waals surface area contributed by atoms with Crippen molar-refractivity contribution in [3.8, 4) is 5.75 Å². The number of amides is 1. The minimum absolute atomic E-state index is 0.142. The maximum absolute atomic E-state index is 11.7. The van der Waals surface area contributed by atoms with Gasteiger partial charge in [0.15, 0.2) is 0 Å². The fraction of sp³-hybridized carbons (Fsp3) is 0.417. The number of methoxy groups -OCH3 is 2. The summed E-state index contributed by atoms with van der Waals surface area (Å²) in [6.07, 6.45) is -0.0342. The summed E-state index contributed by atoms with van der Waals surface area (Å²) in [6.45, 7) is 0.313. The summed E-state index contributed by atoms with van der Waals surface area (Å²) >= 11 is 3.35. The van der Waals surface area contributed by atoms with E-state index in [0.717, 1.165) is 4.47 Å². The maximum Gasteiger partial charge on any atom is 0.227 e. The number of ether oxygens (including phenoxy) is 2. The van der Waals surface area contributed by atoms with Crippen LogP contribution in [-0.4, -0.2) is 32.8 Å². The van der Waals surface area contributed by atoms with Crippen molar-refractivity contribution in [2.45, 2.75) is 12.5 Å². The van der Waals surface area contributed by atoms with Crippen LogP contribution in [0.5, 0.6) is 5.75 Å². The zero-order valence-electron chi connectivity index (χ0n) is 10.4. The second-order valence-corrected chi connectivity index (χ2v) is 4.55. The van der Waals surface area contributed by atoms with E-state index in [1.807, 2.05) is 6.07 Å². The van der Waals surface area contributed by atoms with Crippen LogP contribution >= 0.6 is 15.9 Å². The Bertz CT molecular complexity index is 408. The van der Waals surface area contributed by atoms with E-state index in [1.165, 1.54) is 7.11 Å². The molecule has 0 saturated carbocycles. The molecule has 0 radical (unpaired) electrons. The molecule has 0 spiro atoms. The van der Waals surface area contributed by atoms with Gasteiger partial charge in [0.25, 0.3) is 0 Å². The summed E-state index contributed by atoms with van der Waals surface area (Å²) in [7, 11) is 3.11. The highest BCUT2D eigenvalue weighted by Crippen LogP contribution is 2.27. The van der Waals surface area contributed by atoms with E-state index in [9.17, 15) is 4.79 Å². The third kappa shape index (κ3) is 4.29. The number of nitrogens with two attached hydrogens (primary N) is 1. The van der Waals surface area contributed by atoms with E-state index in [-0.39, 0.29) is 18.4 Å². The third-order valence-electron chi connectivity index (χ3n) is 2.44. The molecule has 0 aliphatic carbocycles. The summed E-state index contributed by atoms with van der Waals surface area (Å²) in [4.78, 5) is 11.7. The van der Waals surface area contributed by atoms with E-state index < -0.39 is 0 Å². The molecule has 1 aromatic carbocycles. The second kappa shape index (κ2) is 7.35. The molecular formula is C12H17BrN2O3. The van der Waals surface area contributed by atoms with Crippen molar-refractivity contribution in [2.24, 2.45) is 5.73 Å². The molecule has 0 aliphatic rings. The molecule has 1 unspecified atom stereocenters. The minimum Gasteiger partial charge on any atom is -0.495 e. The fourth-order valence-corrected chi connectivity index (χ4v) is 1.83. The number of carbonyl (C=O) groups excluding carboxylic acids is 1. The first-order valence-corrected chi connectivity index (χ1v) is 6.26. The predicted octanol–water partition coefficient (Wildman–Crippen LogP) is 1.76. The van der Waals surface area contributed by atoms with Crippen LogP contribution in [0.3, 0.4) is 0 Å². The molecule has 100 valence electrons. The number of hydrogen-bond donors (Lipinski definition) is 2. The number of rotatable bonds is 6. The largest absolute Gasteiger partial charge is 0.495 e. The van der Waals surface area contributed by atoms with Crippen LogP contribution < -0.4 is 15.8 Å². The highest BCUT2D eigenvalue weighted by Gasteiger charge is 2.12. The van der Waals surface area contributed by atoms with Gasteiger partial charge >= 0.3 is 0 Å². The van der Waals surface area contributed by atoms with Crippen molar-refractivity contribution in [3.63, 3.8) is 0 Å². The molecule has 0 saturated heterocycles. The zero-order chi connectivity index (χ0) is 13.5. The Morgan fingerprint density at radius 3 is 2.78 bits per heavy atom. The molecule has 1 amide bonds. The molecule has 1 rings (SSSR count). The van der Waals surface area contributed by atoms with Crippen LogP contribution in [-0.2, 0) is 9.53 Å². The van der Waals surface area contributed by atoms with Crippen molar-refractivity contribution in [1.82, 2.24) is 0 Å². The van der Waals surface area contributed by atoms with Crippen LogP contribution in [0.15, 0.2) is 22.7 Å². The monoisotopic (exact) mass is 316 g/mol. The van der Waals surface area contributed by atoms with Gasteiger partial charge in [0.2, 0.25) is 5.91 Å². The summed E-state index contributed by atoms with van der Waals surface area (Å²) in [5, 5.41) is 2.77. The van der Waals surface area contributed by atoms with Crippen LogP contribution in [0.4, 0.5) is 5.69 Å². The van der Waals surface area contributed by atoms with Crippen molar-refractivity contribution in [3.05, 3.63) is 22.7 Å². The Labute approximate surface area is 115 Å². The van der Waals surface area contributed by atoms with Gasteiger partial charge in [-0.25, -0.2) is 0 Å². The van der Waals surface area contributed by atoms with Gasteiger partial charge in [0, 0.05) is 25.4 Å². The van der Waals surface area contributed by atoms with Gasteiger partial charge in [-0.15, -0.1) is 0 Å². The first-order valence-electron chi connectivity index (χ1n) is 5.47. The summed E-state index contributed by atoms with van der Waals surface area (Å²) in [5.41, 5.74) is 6.13. The average Bonchev–Trinajstić information content (AvgIpc) is 2.38. The Morgan fingerprint density at radius 2 is 2.22 bits per heavy atom. The normalized spacial score (nSPS) is 12.0.